The van der Waals surface area contributed by atoms with E-state index in [2.05, 4.69) is 47.0 Å². The van der Waals surface area contributed by atoms with Crippen LogP contribution in [0.4, 0.5) is 0 Å². The third-order valence-corrected chi connectivity index (χ3v) is 5.72. The molecule has 0 bridgehead atoms. The van der Waals surface area contributed by atoms with E-state index >= 15 is 0 Å². The average Bonchev–Trinajstić information content (AvgIpc) is 3.11. The highest BCUT2D eigenvalue weighted by Gasteiger charge is 2.13. The average molecular weight is 419 g/mol. The molecule has 7 heteroatoms. The van der Waals surface area contributed by atoms with Gasteiger partial charge in [0, 0.05) is 17.5 Å². The predicted molar refractivity (Wildman–Crippen MR) is 119 cm³/mol. The van der Waals surface area contributed by atoms with Crippen LogP contribution < -0.4 is 10.4 Å². The molecule has 0 fully saturated rings. The van der Waals surface area contributed by atoms with Crippen LogP contribution in [0.15, 0.2) is 76.4 Å². The fraction of sp³-hybridized carbons (Fsp3) is 0.174. The second kappa shape index (κ2) is 8.59. The molecule has 0 saturated carbocycles. The summed E-state index contributed by atoms with van der Waals surface area (Å²) in [7, 11) is 1.58. The zero-order valence-corrected chi connectivity index (χ0v) is 17.9. The van der Waals surface area contributed by atoms with Crippen molar-refractivity contribution in [3.63, 3.8) is 0 Å². The van der Waals surface area contributed by atoms with Crippen molar-refractivity contribution >= 4 is 11.8 Å². The quantitative estimate of drug-likeness (QED) is 0.438. The van der Waals surface area contributed by atoms with E-state index in [1.54, 1.807) is 18.8 Å². The van der Waals surface area contributed by atoms with Gasteiger partial charge in [-0.05, 0) is 70.6 Å². The Balaban J connectivity index is 1.60. The molecule has 3 aromatic carbocycles. The predicted octanol–water partition coefficient (Wildman–Crippen LogP) is 4.24. The van der Waals surface area contributed by atoms with Gasteiger partial charge in [-0.25, -0.2) is 4.79 Å². The maximum atomic E-state index is 12.3. The van der Waals surface area contributed by atoms with Crippen LogP contribution in [0.2, 0.25) is 0 Å². The Labute approximate surface area is 179 Å². The number of aromatic nitrogens is 4. The van der Waals surface area contributed by atoms with Crippen LogP contribution in [0.1, 0.15) is 11.1 Å². The van der Waals surface area contributed by atoms with E-state index in [0.29, 0.717) is 12.3 Å². The Bertz CT molecular complexity index is 1230. The molecule has 0 spiro atoms. The van der Waals surface area contributed by atoms with E-state index in [-0.39, 0.29) is 5.69 Å². The van der Waals surface area contributed by atoms with Gasteiger partial charge in [0.1, 0.15) is 12.4 Å². The summed E-state index contributed by atoms with van der Waals surface area (Å²) in [6, 6.07) is 22.2. The molecule has 0 N–H and O–H groups in total. The summed E-state index contributed by atoms with van der Waals surface area (Å²) in [6.07, 6.45) is 2.07. The summed E-state index contributed by atoms with van der Waals surface area (Å²) in [4.78, 5) is 13.5. The molecule has 30 heavy (non-hydrogen) atoms. The lowest BCUT2D eigenvalue weighted by molar-refractivity contribution is 0.305. The van der Waals surface area contributed by atoms with Crippen LogP contribution in [0.5, 0.6) is 5.75 Å². The Hall–Kier alpha value is -3.32. The lowest BCUT2D eigenvalue weighted by Crippen LogP contribution is -2.23. The molecule has 0 saturated heterocycles. The number of aryl methyl sites for hydroxylation is 2. The SMILES string of the molecule is CSc1ccc(-c2cccc(OCc3c(C)cccc3-n3nnn(C)c3=O)c2)cc1. The molecule has 0 aliphatic carbocycles. The van der Waals surface area contributed by atoms with E-state index in [1.807, 2.05) is 43.3 Å². The molecular weight excluding hydrogens is 396 g/mol. The number of nitrogens with zero attached hydrogens (tertiary/aromatic N) is 4. The van der Waals surface area contributed by atoms with Gasteiger partial charge >= 0.3 is 5.69 Å². The molecule has 0 aliphatic rings. The lowest BCUT2D eigenvalue weighted by atomic mass is 10.1. The maximum Gasteiger partial charge on any atom is 0.368 e. The first-order valence-electron chi connectivity index (χ1n) is 9.52. The summed E-state index contributed by atoms with van der Waals surface area (Å²) in [5.74, 6) is 0.766. The van der Waals surface area contributed by atoms with Gasteiger partial charge in [-0.15, -0.1) is 11.8 Å². The smallest absolute Gasteiger partial charge is 0.368 e. The van der Waals surface area contributed by atoms with E-state index in [1.165, 1.54) is 14.3 Å². The summed E-state index contributed by atoms with van der Waals surface area (Å²) in [6.45, 7) is 2.31. The second-order valence-corrected chi connectivity index (χ2v) is 7.79. The zero-order chi connectivity index (χ0) is 21.1. The number of rotatable bonds is 6. The Morgan fingerprint density at radius 2 is 1.73 bits per heavy atom. The topological polar surface area (TPSA) is 61.9 Å². The van der Waals surface area contributed by atoms with Crippen molar-refractivity contribution in [2.24, 2.45) is 7.05 Å². The minimum absolute atomic E-state index is 0.294. The van der Waals surface area contributed by atoms with Gasteiger partial charge in [0.05, 0.1) is 5.69 Å². The molecule has 0 aliphatic heterocycles. The van der Waals surface area contributed by atoms with Gasteiger partial charge < -0.3 is 4.74 Å². The second-order valence-electron chi connectivity index (χ2n) is 6.91. The Morgan fingerprint density at radius 1 is 0.967 bits per heavy atom. The minimum Gasteiger partial charge on any atom is -0.489 e. The third-order valence-electron chi connectivity index (χ3n) is 4.98. The summed E-state index contributed by atoms with van der Waals surface area (Å²) >= 11 is 1.72. The van der Waals surface area contributed by atoms with Gasteiger partial charge in [-0.3, -0.25) is 0 Å². The Morgan fingerprint density at radius 3 is 2.43 bits per heavy atom. The summed E-state index contributed by atoms with van der Waals surface area (Å²) in [5.41, 5.74) is 4.54. The Kier molecular flexibility index (Phi) is 5.72. The first-order valence-corrected chi connectivity index (χ1v) is 10.7. The molecule has 1 heterocycles. The van der Waals surface area contributed by atoms with Crippen molar-refractivity contribution in [2.75, 3.05) is 6.26 Å². The van der Waals surface area contributed by atoms with Crippen LogP contribution in [0.25, 0.3) is 16.8 Å². The molecular formula is C23H22N4O2S. The van der Waals surface area contributed by atoms with E-state index in [0.717, 1.165) is 28.0 Å². The lowest BCUT2D eigenvalue weighted by Gasteiger charge is -2.13. The van der Waals surface area contributed by atoms with Gasteiger partial charge in [0.2, 0.25) is 0 Å². The fourth-order valence-electron chi connectivity index (χ4n) is 3.24. The van der Waals surface area contributed by atoms with E-state index in [4.69, 9.17) is 4.74 Å². The van der Waals surface area contributed by atoms with Crippen molar-refractivity contribution in [1.29, 1.82) is 0 Å². The molecule has 0 unspecified atom stereocenters. The minimum atomic E-state index is -0.294. The first kappa shape index (κ1) is 20.0. The standard InChI is InChI=1S/C23H22N4O2S/c1-16-6-4-9-22(27-23(28)26(2)24-25-27)21(16)15-29-19-8-5-7-18(14-19)17-10-12-20(30-3)13-11-17/h4-14H,15H2,1-3H3. The number of hydrogen-bond donors (Lipinski definition) is 0. The normalized spacial score (nSPS) is 10.9. The largest absolute Gasteiger partial charge is 0.489 e. The van der Waals surface area contributed by atoms with Crippen LogP contribution in [0, 0.1) is 6.92 Å². The maximum absolute atomic E-state index is 12.3. The molecule has 6 nitrogen and oxygen atoms in total. The molecule has 0 radical (unpaired) electrons. The fourth-order valence-corrected chi connectivity index (χ4v) is 3.65. The molecule has 152 valence electrons. The monoisotopic (exact) mass is 418 g/mol. The van der Waals surface area contributed by atoms with Crippen molar-refractivity contribution in [3.05, 3.63) is 88.3 Å². The van der Waals surface area contributed by atoms with Crippen molar-refractivity contribution in [1.82, 2.24) is 19.8 Å². The van der Waals surface area contributed by atoms with Crippen molar-refractivity contribution < 1.29 is 4.74 Å². The van der Waals surface area contributed by atoms with Crippen LogP contribution in [-0.4, -0.2) is 26.0 Å². The molecule has 4 aromatic rings. The van der Waals surface area contributed by atoms with Gasteiger partial charge in [0.15, 0.2) is 0 Å². The highest BCUT2D eigenvalue weighted by atomic mass is 32.2. The number of hydrogen-bond acceptors (Lipinski definition) is 5. The van der Waals surface area contributed by atoms with Crippen LogP contribution in [-0.2, 0) is 13.7 Å². The zero-order valence-electron chi connectivity index (χ0n) is 17.1. The first-order chi connectivity index (χ1) is 14.6. The number of thioether (sulfide) groups is 1. The number of benzene rings is 3. The van der Waals surface area contributed by atoms with Crippen LogP contribution >= 0.6 is 11.8 Å². The molecule has 0 amide bonds. The van der Waals surface area contributed by atoms with Crippen molar-refractivity contribution in [3.8, 4) is 22.6 Å². The molecule has 0 atom stereocenters. The summed E-state index contributed by atoms with van der Waals surface area (Å²) in [5, 5.41) is 7.78. The van der Waals surface area contributed by atoms with Gasteiger partial charge in [-0.1, -0.05) is 36.4 Å². The van der Waals surface area contributed by atoms with E-state index < -0.39 is 0 Å². The highest BCUT2D eigenvalue weighted by Crippen LogP contribution is 2.27. The van der Waals surface area contributed by atoms with E-state index in [9.17, 15) is 4.79 Å². The van der Waals surface area contributed by atoms with Crippen molar-refractivity contribution in [2.45, 2.75) is 18.4 Å². The number of ether oxygens (including phenoxy) is 1. The molecule has 4 rings (SSSR count). The summed E-state index contributed by atoms with van der Waals surface area (Å²) < 4.78 is 8.62. The molecule has 1 aromatic heterocycles. The van der Waals surface area contributed by atoms with Gasteiger partial charge in [-0.2, -0.15) is 9.36 Å². The van der Waals surface area contributed by atoms with Gasteiger partial charge in [0.25, 0.3) is 0 Å². The number of tetrazole rings is 1. The third kappa shape index (κ3) is 4.02. The van der Waals surface area contributed by atoms with Crippen LogP contribution in [0.3, 0.4) is 0 Å². The highest BCUT2D eigenvalue weighted by molar-refractivity contribution is 7.98.